The maximum absolute atomic E-state index is 10.6. The Kier molecular flexibility index (Phi) is 3.11. The molecule has 0 spiro atoms. The highest BCUT2D eigenvalue weighted by Crippen LogP contribution is 2.18. The van der Waals surface area contributed by atoms with Crippen molar-refractivity contribution in [2.75, 3.05) is 0 Å². The van der Waals surface area contributed by atoms with Gasteiger partial charge in [-0.15, -0.1) is 0 Å². The summed E-state index contributed by atoms with van der Waals surface area (Å²) in [7, 11) is 0. The number of aliphatic hydroxyl groups excluding tert-OH is 1. The molecule has 2 aromatic rings. The molecule has 0 aliphatic carbocycles. The fraction of sp³-hybridized carbons (Fsp3) is 0.0833. The summed E-state index contributed by atoms with van der Waals surface area (Å²) >= 11 is 0. The zero-order valence-corrected chi connectivity index (χ0v) is 8.87. The minimum atomic E-state index is -1.15. The number of rotatable bonds is 3. The predicted octanol–water partition coefficient (Wildman–Crippen LogP) is 1.33. The predicted molar refractivity (Wildman–Crippen MR) is 60.4 cm³/mol. The van der Waals surface area contributed by atoms with Crippen LogP contribution in [-0.2, 0) is 6.61 Å². The summed E-state index contributed by atoms with van der Waals surface area (Å²) in [5, 5.41) is 17.6. The van der Waals surface area contributed by atoms with E-state index >= 15 is 0 Å². The van der Waals surface area contributed by atoms with Crippen LogP contribution >= 0.6 is 0 Å². The standard InChI is InChI=1S/C12H10N2O3/c15-7-8-1-3-9(4-2-8)10-5-13-11(12(16)17)14-6-10/h1-6,15H,7H2,(H,16,17). The number of carbonyl (C=O) groups is 1. The minimum Gasteiger partial charge on any atom is -0.475 e. The van der Waals surface area contributed by atoms with Crippen LogP contribution in [0.3, 0.4) is 0 Å². The average Bonchev–Trinajstić information content (AvgIpc) is 2.39. The van der Waals surface area contributed by atoms with E-state index in [9.17, 15) is 4.79 Å². The van der Waals surface area contributed by atoms with Gasteiger partial charge in [0.05, 0.1) is 6.61 Å². The lowest BCUT2D eigenvalue weighted by Crippen LogP contribution is -2.03. The molecule has 17 heavy (non-hydrogen) atoms. The van der Waals surface area contributed by atoms with Gasteiger partial charge in [-0.1, -0.05) is 24.3 Å². The maximum Gasteiger partial charge on any atom is 0.373 e. The van der Waals surface area contributed by atoms with Crippen molar-refractivity contribution in [1.29, 1.82) is 0 Å². The van der Waals surface area contributed by atoms with Crippen LogP contribution in [0, 0.1) is 0 Å². The molecule has 0 atom stereocenters. The molecule has 86 valence electrons. The summed E-state index contributed by atoms with van der Waals surface area (Å²) < 4.78 is 0. The van der Waals surface area contributed by atoms with Crippen molar-refractivity contribution >= 4 is 5.97 Å². The largest absolute Gasteiger partial charge is 0.475 e. The van der Waals surface area contributed by atoms with Crippen molar-refractivity contribution in [1.82, 2.24) is 9.97 Å². The number of aromatic carboxylic acids is 1. The van der Waals surface area contributed by atoms with Gasteiger partial charge in [0.15, 0.2) is 0 Å². The summed E-state index contributed by atoms with van der Waals surface area (Å²) in [6.45, 7) is -0.00523. The quantitative estimate of drug-likeness (QED) is 0.831. The van der Waals surface area contributed by atoms with Crippen molar-refractivity contribution in [2.24, 2.45) is 0 Å². The van der Waals surface area contributed by atoms with Crippen molar-refractivity contribution in [3.8, 4) is 11.1 Å². The van der Waals surface area contributed by atoms with E-state index in [-0.39, 0.29) is 12.4 Å². The Morgan fingerprint density at radius 3 is 2.12 bits per heavy atom. The molecule has 5 nitrogen and oxygen atoms in total. The van der Waals surface area contributed by atoms with Gasteiger partial charge in [-0.25, -0.2) is 14.8 Å². The van der Waals surface area contributed by atoms with Gasteiger partial charge >= 0.3 is 5.97 Å². The number of hydrogen-bond donors (Lipinski definition) is 2. The fourth-order valence-electron chi connectivity index (χ4n) is 1.39. The fourth-order valence-corrected chi connectivity index (χ4v) is 1.39. The van der Waals surface area contributed by atoms with Crippen molar-refractivity contribution in [2.45, 2.75) is 6.61 Å². The van der Waals surface area contributed by atoms with Gasteiger partial charge in [0.1, 0.15) is 0 Å². The summed E-state index contributed by atoms with van der Waals surface area (Å²) in [4.78, 5) is 18.1. The molecule has 0 saturated heterocycles. The lowest BCUT2D eigenvalue weighted by atomic mass is 10.1. The molecular weight excluding hydrogens is 220 g/mol. The van der Waals surface area contributed by atoms with Crippen LogP contribution < -0.4 is 0 Å². The SMILES string of the molecule is O=C(O)c1ncc(-c2ccc(CO)cc2)cn1. The number of benzene rings is 1. The molecule has 0 aliphatic rings. The highest BCUT2D eigenvalue weighted by Gasteiger charge is 2.06. The Hall–Kier alpha value is -2.27. The van der Waals surface area contributed by atoms with Crippen LogP contribution in [0.1, 0.15) is 16.2 Å². The third kappa shape index (κ3) is 2.46. The summed E-state index contributed by atoms with van der Waals surface area (Å²) in [5.41, 5.74) is 2.43. The summed E-state index contributed by atoms with van der Waals surface area (Å²) in [6.07, 6.45) is 2.93. The molecule has 2 N–H and O–H groups in total. The maximum atomic E-state index is 10.6. The second-order valence-electron chi connectivity index (χ2n) is 3.46. The van der Waals surface area contributed by atoms with E-state index in [1.807, 2.05) is 12.1 Å². The molecule has 2 rings (SSSR count). The number of aromatic nitrogens is 2. The van der Waals surface area contributed by atoms with Gasteiger partial charge < -0.3 is 10.2 Å². The van der Waals surface area contributed by atoms with Crippen LogP contribution in [0.5, 0.6) is 0 Å². The zero-order valence-electron chi connectivity index (χ0n) is 8.87. The molecule has 0 unspecified atom stereocenters. The summed E-state index contributed by atoms with van der Waals surface area (Å²) in [5.74, 6) is -1.37. The van der Waals surface area contributed by atoms with Crippen LogP contribution in [0.25, 0.3) is 11.1 Å². The Balaban J connectivity index is 2.29. The van der Waals surface area contributed by atoms with E-state index in [0.29, 0.717) is 0 Å². The lowest BCUT2D eigenvalue weighted by molar-refractivity contribution is 0.0683. The molecule has 0 radical (unpaired) electrons. The first-order chi connectivity index (χ1) is 8.20. The van der Waals surface area contributed by atoms with Crippen molar-refractivity contribution in [3.05, 3.63) is 48.0 Å². The van der Waals surface area contributed by atoms with E-state index in [1.165, 1.54) is 12.4 Å². The van der Waals surface area contributed by atoms with Crippen LogP contribution in [-0.4, -0.2) is 26.2 Å². The van der Waals surface area contributed by atoms with Crippen molar-refractivity contribution in [3.63, 3.8) is 0 Å². The summed E-state index contributed by atoms with van der Waals surface area (Å²) in [6, 6.07) is 7.23. The molecule has 5 heteroatoms. The molecule has 1 heterocycles. The second kappa shape index (κ2) is 4.71. The van der Waals surface area contributed by atoms with Gasteiger partial charge in [-0.3, -0.25) is 0 Å². The molecule has 0 saturated carbocycles. The van der Waals surface area contributed by atoms with Gasteiger partial charge in [0, 0.05) is 18.0 Å². The molecule has 1 aromatic heterocycles. The Bertz CT molecular complexity index is 520. The normalized spacial score (nSPS) is 10.2. The Morgan fingerprint density at radius 2 is 1.65 bits per heavy atom. The third-order valence-electron chi connectivity index (χ3n) is 2.31. The monoisotopic (exact) mass is 230 g/mol. The smallest absolute Gasteiger partial charge is 0.373 e. The van der Waals surface area contributed by atoms with E-state index in [1.54, 1.807) is 12.1 Å². The molecule has 1 aromatic carbocycles. The first-order valence-electron chi connectivity index (χ1n) is 4.96. The average molecular weight is 230 g/mol. The molecule has 0 aliphatic heterocycles. The first kappa shape index (κ1) is 11.2. The van der Waals surface area contributed by atoms with Crippen molar-refractivity contribution < 1.29 is 15.0 Å². The zero-order chi connectivity index (χ0) is 12.3. The van der Waals surface area contributed by atoms with Gasteiger partial charge in [-0.2, -0.15) is 0 Å². The van der Waals surface area contributed by atoms with Gasteiger partial charge in [0.25, 0.3) is 0 Å². The number of aliphatic hydroxyl groups is 1. The molecule has 0 fully saturated rings. The first-order valence-corrected chi connectivity index (χ1v) is 4.96. The van der Waals surface area contributed by atoms with E-state index in [0.717, 1.165) is 16.7 Å². The van der Waals surface area contributed by atoms with E-state index in [2.05, 4.69) is 9.97 Å². The Labute approximate surface area is 97.4 Å². The topological polar surface area (TPSA) is 83.3 Å². The molecule has 0 bridgehead atoms. The van der Waals surface area contributed by atoms with Gasteiger partial charge in [0.2, 0.25) is 5.82 Å². The number of carboxylic acids is 1. The van der Waals surface area contributed by atoms with Crippen LogP contribution in [0.2, 0.25) is 0 Å². The number of carboxylic acid groups (broad SMARTS) is 1. The van der Waals surface area contributed by atoms with E-state index in [4.69, 9.17) is 10.2 Å². The van der Waals surface area contributed by atoms with E-state index < -0.39 is 5.97 Å². The second-order valence-corrected chi connectivity index (χ2v) is 3.46. The third-order valence-corrected chi connectivity index (χ3v) is 2.31. The Morgan fingerprint density at radius 1 is 1.06 bits per heavy atom. The van der Waals surface area contributed by atoms with Crippen LogP contribution in [0.4, 0.5) is 0 Å². The molecular formula is C12H10N2O3. The molecule has 0 amide bonds. The highest BCUT2D eigenvalue weighted by atomic mass is 16.4. The van der Waals surface area contributed by atoms with Crippen LogP contribution in [0.15, 0.2) is 36.7 Å². The highest BCUT2D eigenvalue weighted by molar-refractivity contribution is 5.83. The minimum absolute atomic E-state index is 0.00523. The lowest BCUT2D eigenvalue weighted by Gasteiger charge is -2.02. The number of nitrogens with zero attached hydrogens (tertiary/aromatic N) is 2. The van der Waals surface area contributed by atoms with Gasteiger partial charge in [-0.05, 0) is 11.1 Å². The number of hydrogen-bond acceptors (Lipinski definition) is 4.